The smallest absolute Gasteiger partial charge is 0.317 e. The standard InChI is InChI=1S/C16H24N2O3/c1-4-13(3)18(11-16(20)21)10-15(19)17-9-14-7-5-12(2)6-8-14/h5-8,13H,4,9-11H2,1-3H3,(H,17,19)(H,20,21). The Morgan fingerprint density at radius 1 is 1.24 bits per heavy atom. The van der Waals surface area contributed by atoms with Crippen LogP contribution in [0.4, 0.5) is 0 Å². The first-order chi connectivity index (χ1) is 9.92. The highest BCUT2D eigenvalue weighted by molar-refractivity contribution is 5.79. The summed E-state index contributed by atoms with van der Waals surface area (Å²) >= 11 is 0. The number of nitrogens with zero attached hydrogens (tertiary/aromatic N) is 1. The zero-order valence-corrected chi connectivity index (χ0v) is 12.9. The molecular weight excluding hydrogens is 268 g/mol. The van der Waals surface area contributed by atoms with Crippen molar-refractivity contribution in [2.24, 2.45) is 0 Å². The van der Waals surface area contributed by atoms with Gasteiger partial charge in [-0.1, -0.05) is 36.8 Å². The van der Waals surface area contributed by atoms with Crippen LogP contribution in [0.25, 0.3) is 0 Å². The number of aliphatic carboxylic acids is 1. The van der Waals surface area contributed by atoms with Gasteiger partial charge in [0, 0.05) is 12.6 Å². The van der Waals surface area contributed by atoms with Crippen molar-refractivity contribution in [3.63, 3.8) is 0 Å². The van der Waals surface area contributed by atoms with Crippen molar-refractivity contribution in [2.45, 2.75) is 39.8 Å². The second-order valence-corrected chi connectivity index (χ2v) is 5.32. The van der Waals surface area contributed by atoms with Crippen LogP contribution in [0, 0.1) is 6.92 Å². The predicted octanol–water partition coefficient (Wildman–Crippen LogP) is 1.80. The second-order valence-electron chi connectivity index (χ2n) is 5.32. The van der Waals surface area contributed by atoms with Crippen LogP contribution in [0.5, 0.6) is 0 Å². The molecule has 1 atom stereocenters. The fourth-order valence-electron chi connectivity index (χ4n) is 1.95. The van der Waals surface area contributed by atoms with Crippen molar-refractivity contribution < 1.29 is 14.7 Å². The minimum absolute atomic E-state index is 0.0613. The van der Waals surface area contributed by atoms with E-state index < -0.39 is 5.97 Å². The Morgan fingerprint density at radius 2 is 1.86 bits per heavy atom. The summed E-state index contributed by atoms with van der Waals surface area (Å²) in [6, 6.07) is 8.00. The van der Waals surface area contributed by atoms with Gasteiger partial charge in [-0.15, -0.1) is 0 Å². The molecule has 1 aromatic carbocycles. The molecule has 1 rings (SSSR count). The third-order valence-electron chi connectivity index (χ3n) is 3.51. The number of nitrogens with one attached hydrogen (secondary N) is 1. The monoisotopic (exact) mass is 292 g/mol. The molecule has 116 valence electrons. The average molecular weight is 292 g/mol. The molecule has 1 amide bonds. The lowest BCUT2D eigenvalue weighted by Crippen LogP contribution is -2.44. The molecule has 0 radical (unpaired) electrons. The number of carboxylic acid groups (broad SMARTS) is 1. The molecule has 0 aromatic heterocycles. The third kappa shape index (κ3) is 6.40. The highest BCUT2D eigenvalue weighted by atomic mass is 16.4. The normalized spacial score (nSPS) is 12.2. The molecule has 0 spiro atoms. The van der Waals surface area contributed by atoms with Crippen molar-refractivity contribution in [2.75, 3.05) is 13.1 Å². The molecule has 0 aliphatic carbocycles. The molecule has 0 bridgehead atoms. The number of hydrogen-bond acceptors (Lipinski definition) is 3. The maximum absolute atomic E-state index is 11.9. The van der Waals surface area contributed by atoms with Gasteiger partial charge in [0.15, 0.2) is 0 Å². The van der Waals surface area contributed by atoms with Crippen LogP contribution < -0.4 is 5.32 Å². The molecule has 1 aromatic rings. The molecule has 2 N–H and O–H groups in total. The van der Waals surface area contributed by atoms with Crippen molar-refractivity contribution >= 4 is 11.9 Å². The Hall–Kier alpha value is -1.88. The molecule has 0 aliphatic rings. The van der Waals surface area contributed by atoms with Crippen LogP contribution in [0.1, 0.15) is 31.4 Å². The van der Waals surface area contributed by atoms with E-state index in [1.807, 2.05) is 45.0 Å². The SMILES string of the molecule is CCC(C)N(CC(=O)O)CC(=O)NCc1ccc(C)cc1. The maximum atomic E-state index is 11.9. The van der Waals surface area contributed by atoms with E-state index in [0.717, 1.165) is 12.0 Å². The van der Waals surface area contributed by atoms with Crippen LogP contribution in [0.3, 0.4) is 0 Å². The van der Waals surface area contributed by atoms with Crippen LogP contribution in [0.15, 0.2) is 24.3 Å². The minimum atomic E-state index is -0.915. The average Bonchev–Trinajstić information content (AvgIpc) is 2.44. The molecule has 0 saturated heterocycles. The molecule has 0 fully saturated rings. The number of rotatable bonds is 8. The molecule has 0 aliphatic heterocycles. The molecule has 5 heteroatoms. The Kier molecular flexibility index (Phi) is 6.88. The van der Waals surface area contributed by atoms with Crippen molar-refractivity contribution in [3.8, 4) is 0 Å². The predicted molar refractivity (Wildman–Crippen MR) is 82.0 cm³/mol. The van der Waals surface area contributed by atoms with Crippen LogP contribution >= 0.6 is 0 Å². The summed E-state index contributed by atoms with van der Waals surface area (Å²) in [5, 5.41) is 11.7. The number of carbonyl (C=O) groups excluding carboxylic acids is 1. The minimum Gasteiger partial charge on any atom is -0.480 e. The van der Waals surface area contributed by atoms with Gasteiger partial charge in [-0.25, -0.2) is 0 Å². The second kappa shape index (κ2) is 8.42. The van der Waals surface area contributed by atoms with E-state index in [-0.39, 0.29) is 25.0 Å². The summed E-state index contributed by atoms with van der Waals surface area (Å²) in [7, 11) is 0. The van der Waals surface area contributed by atoms with Gasteiger partial charge in [-0.3, -0.25) is 14.5 Å². The lowest BCUT2D eigenvalue weighted by atomic mass is 10.1. The largest absolute Gasteiger partial charge is 0.480 e. The van der Waals surface area contributed by atoms with E-state index in [9.17, 15) is 9.59 Å². The van der Waals surface area contributed by atoms with E-state index in [2.05, 4.69) is 5.32 Å². The topological polar surface area (TPSA) is 69.6 Å². The lowest BCUT2D eigenvalue weighted by molar-refractivity contribution is -0.139. The van der Waals surface area contributed by atoms with Gasteiger partial charge in [0.2, 0.25) is 5.91 Å². The first-order valence-electron chi connectivity index (χ1n) is 7.20. The Balaban J connectivity index is 2.49. The number of amides is 1. The molecule has 0 saturated carbocycles. The molecular formula is C16H24N2O3. The lowest BCUT2D eigenvalue weighted by Gasteiger charge is -2.25. The van der Waals surface area contributed by atoms with Crippen LogP contribution in [-0.4, -0.2) is 41.0 Å². The number of aryl methyl sites for hydroxylation is 1. The zero-order chi connectivity index (χ0) is 15.8. The fourth-order valence-corrected chi connectivity index (χ4v) is 1.95. The number of carbonyl (C=O) groups is 2. The van der Waals surface area contributed by atoms with E-state index in [1.165, 1.54) is 5.56 Å². The maximum Gasteiger partial charge on any atom is 0.317 e. The van der Waals surface area contributed by atoms with E-state index in [4.69, 9.17) is 5.11 Å². The van der Waals surface area contributed by atoms with Crippen molar-refractivity contribution in [1.82, 2.24) is 10.2 Å². The first-order valence-corrected chi connectivity index (χ1v) is 7.20. The Morgan fingerprint density at radius 3 is 2.38 bits per heavy atom. The quantitative estimate of drug-likeness (QED) is 0.766. The zero-order valence-electron chi connectivity index (χ0n) is 12.9. The van der Waals surface area contributed by atoms with Gasteiger partial charge in [-0.2, -0.15) is 0 Å². The summed E-state index contributed by atoms with van der Waals surface area (Å²) in [6.45, 7) is 6.36. The number of benzene rings is 1. The highest BCUT2D eigenvalue weighted by Gasteiger charge is 2.18. The highest BCUT2D eigenvalue weighted by Crippen LogP contribution is 2.04. The first kappa shape index (κ1) is 17.2. The van der Waals surface area contributed by atoms with Gasteiger partial charge in [0.05, 0.1) is 13.1 Å². The van der Waals surface area contributed by atoms with Gasteiger partial charge in [-0.05, 0) is 25.8 Å². The van der Waals surface area contributed by atoms with Gasteiger partial charge >= 0.3 is 5.97 Å². The Bertz CT molecular complexity index is 471. The van der Waals surface area contributed by atoms with E-state index in [1.54, 1.807) is 4.90 Å². The summed E-state index contributed by atoms with van der Waals surface area (Å²) in [6.07, 6.45) is 0.804. The summed E-state index contributed by atoms with van der Waals surface area (Å²) in [5.41, 5.74) is 2.21. The summed E-state index contributed by atoms with van der Waals surface area (Å²) in [4.78, 5) is 24.5. The van der Waals surface area contributed by atoms with Crippen LogP contribution in [-0.2, 0) is 16.1 Å². The summed E-state index contributed by atoms with van der Waals surface area (Å²) in [5.74, 6) is -1.07. The molecule has 1 unspecified atom stereocenters. The number of hydrogen-bond donors (Lipinski definition) is 2. The van der Waals surface area contributed by atoms with Gasteiger partial charge in [0.25, 0.3) is 0 Å². The van der Waals surface area contributed by atoms with Gasteiger partial charge in [0.1, 0.15) is 0 Å². The Labute approximate surface area is 126 Å². The van der Waals surface area contributed by atoms with E-state index in [0.29, 0.717) is 6.54 Å². The third-order valence-corrected chi connectivity index (χ3v) is 3.51. The molecule has 5 nitrogen and oxygen atoms in total. The van der Waals surface area contributed by atoms with Crippen LogP contribution in [0.2, 0.25) is 0 Å². The number of carboxylic acids is 1. The van der Waals surface area contributed by atoms with E-state index >= 15 is 0 Å². The molecule has 21 heavy (non-hydrogen) atoms. The van der Waals surface area contributed by atoms with Gasteiger partial charge < -0.3 is 10.4 Å². The van der Waals surface area contributed by atoms with Crippen molar-refractivity contribution in [1.29, 1.82) is 0 Å². The summed E-state index contributed by atoms with van der Waals surface area (Å²) < 4.78 is 0. The molecule has 0 heterocycles. The van der Waals surface area contributed by atoms with Crippen molar-refractivity contribution in [3.05, 3.63) is 35.4 Å². The fraction of sp³-hybridized carbons (Fsp3) is 0.500.